The van der Waals surface area contributed by atoms with Gasteiger partial charge in [0.15, 0.2) is 10.9 Å². The van der Waals surface area contributed by atoms with Gasteiger partial charge in [-0.15, -0.1) is 0 Å². The molecule has 2 N–H and O–H groups in total. The molecule has 0 aliphatic carbocycles. The highest BCUT2D eigenvalue weighted by atomic mass is 32.1. The van der Waals surface area contributed by atoms with Crippen LogP contribution in [-0.4, -0.2) is 24.1 Å². The molecule has 1 aliphatic heterocycles. The summed E-state index contributed by atoms with van der Waals surface area (Å²) < 4.78 is 45.3. The first-order chi connectivity index (χ1) is 14.8. The van der Waals surface area contributed by atoms with Crippen molar-refractivity contribution >= 4 is 45.6 Å². The fraction of sp³-hybridized carbons (Fsp3) is 0.273. The molecule has 31 heavy (non-hydrogen) atoms. The number of carbonyl (C=O) groups excluding carboxylic acids is 1. The Morgan fingerprint density at radius 1 is 1.03 bits per heavy atom. The molecule has 0 radical (unpaired) electrons. The van der Waals surface area contributed by atoms with E-state index in [0.29, 0.717) is 11.3 Å². The molecule has 1 aromatic heterocycles. The number of halogens is 3. The number of rotatable bonds is 3. The van der Waals surface area contributed by atoms with Crippen molar-refractivity contribution in [2.75, 3.05) is 23.3 Å². The van der Waals surface area contributed by atoms with E-state index in [4.69, 9.17) is 16.6 Å². The van der Waals surface area contributed by atoms with Crippen LogP contribution in [0.15, 0.2) is 52.9 Å². The van der Waals surface area contributed by atoms with Crippen molar-refractivity contribution in [3.05, 3.63) is 59.9 Å². The first-order valence-corrected chi connectivity index (χ1v) is 10.3. The molecule has 2 heterocycles. The minimum absolute atomic E-state index is 0.0608. The van der Waals surface area contributed by atoms with Crippen molar-refractivity contribution in [1.29, 1.82) is 0 Å². The Hall–Kier alpha value is -3.07. The van der Waals surface area contributed by atoms with Crippen LogP contribution in [-0.2, 0) is 6.18 Å². The summed E-state index contributed by atoms with van der Waals surface area (Å²) in [5.41, 5.74) is 0.582. The van der Waals surface area contributed by atoms with Gasteiger partial charge in [-0.2, -0.15) is 13.2 Å². The number of carbonyl (C=O) groups is 1. The zero-order chi connectivity index (χ0) is 22.0. The molecule has 0 unspecified atom stereocenters. The van der Waals surface area contributed by atoms with Gasteiger partial charge in [-0.3, -0.25) is 10.1 Å². The van der Waals surface area contributed by atoms with E-state index in [2.05, 4.69) is 10.6 Å². The Bertz CT molecular complexity index is 1090. The molecule has 1 aliphatic rings. The number of hydrogen-bond donors (Lipinski definition) is 2. The summed E-state index contributed by atoms with van der Waals surface area (Å²) in [6, 6.07) is 12.2. The largest absolute Gasteiger partial charge is 0.451 e. The van der Waals surface area contributed by atoms with Gasteiger partial charge in [0, 0.05) is 18.5 Å². The molecule has 3 aromatic rings. The predicted molar refractivity (Wildman–Crippen MR) is 117 cm³/mol. The van der Waals surface area contributed by atoms with Crippen LogP contribution in [0, 0.1) is 0 Å². The average Bonchev–Trinajstić information content (AvgIpc) is 3.18. The third-order valence-electron chi connectivity index (χ3n) is 5.15. The van der Waals surface area contributed by atoms with E-state index >= 15 is 0 Å². The second kappa shape index (κ2) is 8.58. The van der Waals surface area contributed by atoms with Crippen molar-refractivity contribution in [3.63, 3.8) is 0 Å². The van der Waals surface area contributed by atoms with E-state index in [-0.39, 0.29) is 16.6 Å². The number of thiocarbonyl (C=S) groups is 1. The topological polar surface area (TPSA) is 57.5 Å². The highest BCUT2D eigenvalue weighted by molar-refractivity contribution is 7.80. The highest BCUT2D eigenvalue weighted by Crippen LogP contribution is 2.36. The summed E-state index contributed by atoms with van der Waals surface area (Å²) in [5.74, 6) is -0.522. The zero-order valence-corrected chi connectivity index (χ0v) is 17.3. The number of hydrogen-bond acceptors (Lipinski definition) is 4. The van der Waals surface area contributed by atoms with Crippen molar-refractivity contribution in [1.82, 2.24) is 5.32 Å². The Kier molecular flexibility index (Phi) is 5.86. The number of alkyl halides is 3. The molecular weight excluding hydrogens is 427 g/mol. The number of nitrogens with zero attached hydrogens (tertiary/aromatic N) is 1. The zero-order valence-electron chi connectivity index (χ0n) is 16.5. The normalized spacial score (nSPS) is 14.5. The molecule has 162 valence electrons. The van der Waals surface area contributed by atoms with Crippen LogP contribution in [0.5, 0.6) is 0 Å². The molecule has 0 spiro atoms. The summed E-state index contributed by atoms with van der Waals surface area (Å²) in [7, 11) is 0. The number of piperidine rings is 1. The minimum Gasteiger partial charge on any atom is -0.451 e. The van der Waals surface area contributed by atoms with Crippen molar-refractivity contribution in [2.24, 2.45) is 0 Å². The van der Waals surface area contributed by atoms with Crippen LogP contribution in [0.2, 0.25) is 0 Å². The van der Waals surface area contributed by atoms with Gasteiger partial charge in [-0.25, -0.2) is 0 Å². The third-order valence-corrected chi connectivity index (χ3v) is 5.35. The number of nitrogens with one attached hydrogen (secondary N) is 2. The number of amides is 1. The van der Waals surface area contributed by atoms with E-state index in [0.717, 1.165) is 49.9 Å². The molecule has 1 fully saturated rings. The van der Waals surface area contributed by atoms with E-state index in [9.17, 15) is 18.0 Å². The monoisotopic (exact) mass is 447 g/mol. The summed E-state index contributed by atoms with van der Waals surface area (Å²) >= 11 is 5.21. The lowest BCUT2D eigenvalue weighted by atomic mass is 10.1. The molecular formula is C22H20F3N3O2S. The fourth-order valence-electron chi connectivity index (χ4n) is 3.64. The van der Waals surface area contributed by atoms with Gasteiger partial charge in [0.1, 0.15) is 5.58 Å². The summed E-state index contributed by atoms with van der Waals surface area (Å²) in [5, 5.41) is 5.91. The van der Waals surface area contributed by atoms with Crippen LogP contribution in [0.3, 0.4) is 0 Å². The maximum atomic E-state index is 13.3. The fourth-order valence-corrected chi connectivity index (χ4v) is 3.84. The van der Waals surface area contributed by atoms with Gasteiger partial charge in [0.05, 0.1) is 16.9 Å². The highest BCUT2D eigenvalue weighted by Gasteiger charge is 2.31. The molecule has 9 heteroatoms. The molecule has 1 amide bonds. The maximum Gasteiger partial charge on any atom is 0.416 e. The van der Waals surface area contributed by atoms with Crippen LogP contribution in [0.25, 0.3) is 11.0 Å². The van der Waals surface area contributed by atoms with Crippen LogP contribution in [0.4, 0.5) is 24.5 Å². The minimum atomic E-state index is -4.49. The SMILES string of the molecule is O=C(NC(=S)Nc1cc(C(F)(F)F)ccc1N1CCCCC1)c1cc2ccccc2o1. The quantitative estimate of drug-likeness (QED) is 0.514. The number of furan rings is 1. The number of benzene rings is 2. The Balaban J connectivity index is 1.54. The van der Waals surface area contributed by atoms with E-state index < -0.39 is 17.6 Å². The van der Waals surface area contributed by atoms with Gasteiger partial charge in [0.2, 0.25) is 0 Å². The first kappa shape index (κ1) is 21.2. The van der Waals surface area contributed by atoms with Crippen LogP contribution >= 0.6 is 12.2 Å². The van der Waals surface area contributed by atoms with E-state index in [1.165, 1.54) is 6.07 Å². The Morgan fingerprint density at radius 2 is 1.77 bits per heavy atom. The van der Waals surface area contributed by atoms with Gasteiger partial charge in [-0.05, 0) is 61.8 Å². The summed E-state index contributed by atoms with van der Waals surface area (Å²) in [6.45, 7) is 1.50. The predicted octanol–water partition coefficient (Wildman–Crippen LogP) is 5.57. The van der Waals surface area contributed by atoms with Gasteiger partial charge >= 0.3 is 6.18 Å². The van der Waals surface area contributed by atoms with Crippen molar-refractivity contribution < 1.29 is 22.4 Å². The molecule has 0 atom stereocenters. The number of para-hydroxylation sites is 1. The smallest absolute Gasteiger partial charge is 0.416 e. The Labute approximate surface area is 182 Å². The molecule has 0 saturated carbocycles. The first-order valence-electron chi connectivity index (χ1n) is 9.88. The number of fused-ring (bicyclic) bond motifs is 1. The molecule has 2 aromatic carbocycles. The lowest BCUT2D eigenvalue weighted by Crippen LogP contribution is -2.35. The molecule has 4 rings (SSSR count). The molecule has 0 bridgehead atoms. The van der Waals surface area contributed by atoms with E-state index in [1.54, 1.807) is 24.3 Å². The maximum absolute atomic E-state index is 13.3. The summed E-state index contributed by atoms with van der Waals surface area (Å²) in [6.07, 6.45) is -1.47. The van der Waals surface area contributed by atoms with E-state index in [1.807, 2.05) is 11.0 Å². The second-order valence-electron chi connectivity index (χ2n) is 7.33. The lowest BCUT2D eigenvalue weighted by molar-refractivity contribution is -0.137. The van der Waals surface area contributed by atoms with Crippen LogP contribution in [0.1, 0.15) is 35.4 Å². The summed E-state index contributed by atoms with van der Waals surface area (Å²) in [4.78, 5) is 14.5. The lowest BCUT2D eigenvalue weighted by Gasteiger charge is -2.31. The third kappa shape index (κ3) is 4.82. The van der Waals surface area contributed by atoms with Gasteiger partial charge < -0.3 is 14.6 Å². The van der Waals surface area contributed by atoms with Crippen LogP contribution < -0.4 is 15.5 Å². The standard InChI is InChI=1S/C22H20F3N3O2S/c23-22(24,25)15-8-9-17(28-10-4-1-5-11-28)16(13-15)26-21(31)27-20(29)19-12-14-6-2-3-7-18(14)30-19/h2-3,6-9,12-13H,1,4-5,10-11H2,(H2,26,27,29,31). The van der Waals surface area contributed by atoms with Gasteiger partial charge in [0.25, 0.3) is 5.91 Å². The molecule has 1 saturated heterocycles. The van der Waals surface area contributed by atoms with Crippen molar-refractivity contribution in [3.8, 4) is 0 Å². The van der Waals surface area contributed by atoms with Gasteiger partial charge in [-0.1, -0.05) is 18.2 Å². The average molecular weight is 447 g/mol. The number of anilines is 2. The second-order valence-corrected chi connectivity index (χ2v) is 7.74. The molecule has 5 nitrogen and oxygen atoms in total. The van der Waals surface area contributed by atoms with Crippen molar-refractivity contribution in [2.45, 2.75) is 25.4 Å². The Morgan fingerprint density at radius 3 is 2.48 bits per heavy atom.